The standard InChI is InChI=1S/C14H17FN2/c15-13-2-1-3-14(8-13)17-10-12-6-4-11(9-16)5-7-12/h2,4-8,17H,1,3,9-10,16H2. The molecule has 1 aromatic rings. The molecule has 1 aromatic carbocycles. The highest BCUT2D eigenvalue weighted by Crippen LogP contribution is 2.16. The smallest absolute Gasteiger partial charge is 0.120 e. The molecule has 3 heteroatoms. The average molecular weight is 232 g/mol. The molecule has 0 aromatic heterocycles. The molecule has 3 N–H and O–H groups in total. The van der Waals surface area contributed by atoms with Gasteiger partial charge in [-0.2, -0.15) is 0 Å². The first-order valence-electron chi connectivity index (χ1n) is 5.86. The molecule has 0 heterocycles. The first-order chi connectivity index (χ1) is 8.28. The van der Waals surface area contributed by atoms with Gasteiger partial charge in [0.25, 0.3) is 0 Å². The van der Waals surface area contributed by atoms with Gasteiger partial charge in [0.05, 0.1) is 0 Å². The lowest BCUT2D eigenvalue weighted by atomic mass is 10.1. The van der Waals surface area contributed by atoms with E-state index in [4.69, 9.17) is 5.73 Å². The van der Waals surface area contributed by atoms with E-state index >= 15 is 0 Å². The van der Waals surface area contributed by atoms with Crippen LogP contribution in [-0.4, -0.2) is 0 Å². The SMILES string of the molecule is NCc1ccc(CNC2=CC(F)=CCC2)cc1. The zero-order valence-electron chi connectivity index (χ0n) is 9.75. The second-order valence-corrected chi connectivity index (χ2v) is 4.17. The Bertz CT molecular complexity index is 432. The Labute approximate surface area is 101 Å². The Hall–Kier alpha value is -1.61. The predicted molar refractivity (Wildman–Crippen MR) is 67.7 cm³/mol. The normalized spacial score (nSPS) is 15.2. The lowest BCUT2D eigenvalue weighted by Crippen LogP contribution is -2.14. The van der Waals surface area contributed by atoms with Crippen LogP contribution in [0.4, 0.5) is 4.39 Å². The van der Waals surface area contributed by atoms with E-state index in [1.807, 2.05) is 24.3 Å². The zero-order chi connectivity index (χ0) is 12.1. The topological polar surface area (TPSA) is 38.0 Å². The van der Waals surface area contributed by atoms with Crippen LogP contribution in [-0.2, 0) is 13.1 Å². The number of halogens is 1. The summed E-state index contributed by atoms with van der Waals surface area (Å²) in [4.78, 5) is 0. The van der Waals surface area contributed by atoms with Crippen molar-refractivity contribution in [2.24, 2.45) is 5.73 Å². The lowest BCUT2D eigenvalue weighted by Gasteiger charge is -2.13. The van der Waals surface area contributed by atoms with E-state index in [1.165, 1.54) is 5.56 Å². The third kappa shape index (κ3) is 3.43. The number of nitrogens with two attached hydrogens (primary N) is 1. The maximum absolute atomic E-state index is 13.0. The molecule has 0 amide bonds. The van der Waals surface area contributed by atoms with Crippen LogP contribution in [0, 0.1) is 0 Å². The highest BCUT2D eigenvalue weighted by atomic mass is 19.1. The summed E-state index contributed by atoms with van der Waals surface area (Å²) in [6.45, 7) is 1.29. The number of allylic oxidation sites excluding steroid dienone is 4. The predicted octanol–water partition coefficient (Wildman–Crippen LogP) is 2.77. The van der Waals surface area contributed by atoms with Crippen molar-refractivity contribution in [2.75, 3.05) is 0 Å². The highest BCUT2D eigenvalue weighted by molar-refractivity contribution is 5.25. The Morgan fingerprint density at radius 3 is 2.53 bits per heavy atom. The van der Waals surface area contributed by atoms with E-state index in [-0.39, 0.29) is 5.83 Å². The van der Waals surface area contributed by atoms with Gasteiger partial charge in [0.1, 0.15) is 5.83 Å². The van der Waals surface area contributed by atoms with Crippen LogP contribution in [0.15, 0.2) is 47.9 Å². The quantitative estimate of drug-likeness (QED) is 0.837. The minimum Gasteiger partial charge on any atom is -0.384 e. The van der Waals surface area contributed by atoms with Gasteiger partial charge in [-0.05, 0) is 36.1 Å². The van der Waals surface area contributed by atoms with Crippen LogP contribution < -0.4 is 11.1 Å². The first kappa shape index (κ1) is 11.9. The number of hydrogen-bond donors (Lipinski definition) is 2. The second kappa shape index (κ2) is 5.64. The first-order valence-corrected chi connectivity index (χ1v) is 5.86. The number of rotatable bonds is 4. The molecule has 0 atom stereocenters. The van der Waals surface area contributed by atoms with Gasteiger partial charge < -0.3 is 11.1 Å². The van der Waals surface area contributed by atoms with Crippen molar-refractivity contribution in [3.05, 3.63) is 59.1 Å². The van der Waals surface area contributed by atoms with Crippen LogP contribution in [0.25, 0.3) is 0 Å². The summed E-state index contributed by atoms with van der Waals surface area (Å²) in [6, 6.07) is 8.13. The molecule has 0 saturated heterocycles. The van der Waals surface area contributed by atoms with Gasteiger partial charge in [0.15, 0.2) is 0 Å². The lowest BCUT2D eigenvalue weighted by molar-refractivity contribution is 0.632. The minimum atomic E-state index is -0.141. The molecular formula is C14H17FN2. The summed E-state index contributed by atoms with van der Waals surface area (Å²) < 4.78 is 13.0. The van der Waals surface area contributed by atoms with Crippen molar-refractivity contribution < 1.29 is 4.39 Å². The summed E-state index contributed by atoms with van der Waals surface area (Å²) in [5.74, 6) is -0.141. The van der Waals surface area contributed by atoms with Crippen LogP contribution in [0.5, 0.6) is 0 Å². The molecule has 90 valence electrons. The molecule has 2 nitrogen and oxygen atoms in total. The Balaban J connectivity index is 1.91. The van der Waals surface area contributed by atoms with Crippen molar-refractivity contribution in [1.82, 2.24) is 5.32 Å². The maximum Gasteiger partial charge on any atom is 0.120 e. The second-order valence-electron chi connectivity index (χ2n) is 4.17. The van der Waals surface area contributed by atoms with E-state index < -0.39 is 0 Å². The molecule has 0 radical (unpaired) electrons. The maximum atomic E-state index is 13.0. The third-order valence-electron chi connectivity index (χ3n) is 2.84. The summed E-state index contributed by atoms with van der Waals surface area (Å²) in [5, 5.41) is 3.25. The molecule has 1 aliphatic carbocycles. The van der Waals surface area contributed by atoms with Crippen LogP contribution in [0.2, 0.25) is 0 Å². The average Bonchev–Trinajstić information content (AvgIpc) is 2.37. The van der Waals surface area contributed by atoms with Gasteiger partial charge in [-0.3, -0.25) is 0 Å². The molecule has 2 rings (SSSR count). The molecule has 0 bridgehead atoms. The molecule has 0 spiro atoms. The Kier molecular flexibility index (Phi) is 3.94. The Morgan fingerprint density at radius 2 is 1.88 bits per heavy atom. The van der Waals surface area contributed by atoms with E-state index in [0.29, 0.717) is 6.54 Å². The van der Waals surface area contributed by atoms with Crippen molar-refractivity contribution in [3.8, 4) is 0 Å². The zero-order valence-corrected chi connectivity index (χ0v) is 9.75. The van der Waals surface area contributed by atoms with E-state index in [2.05, 4.69) is 5.32 Å². The van der Waals surface area contributed by atoms with E-state index in [9.17, 15) is 4.39 Å². The fourth-order valence-corrected chi connectivity index (χ4v) is 1.81. The fourth-order valence-electron chi connectivity index (χ4n) is 1.81. The summed E-state index contributed by atoms with van der Waals surface area (Å²) in [6.07, 6.45) is 4.84. The molecule has 0 aliphatic heterocycles. The molecular weight excluding hydrogens is 215 g/mol. The molecule has 0 unspecified atom stereocenters. The van der Waals surface area contributed by atoms with E-state index in [1.54, 1.807) is 12.2 Å². The van der Waals surface area contributed by atoms with Crippen molar-refractivity contribution in [3.63, 3.8) is 0 Å². The van der Waals surface area contributed by atoms with Crippen molar-refractivity contribution >= 4 is 0 Å². The van der Waals surface area contributed by atoms with Gasteiger partial charge in [-0.15, -0.1) is 0 Å². The molecule has 0 saturated carbocycles. The fraction of sp³-hybridized carbons (Fsp3) is 0.286. The minimum absolute atomic E-state index is 0.141. The summed E-state index contributed by atoms with van der Waals surface area (Å²) in [5.41, 5.74) is 8.80. The molecule has 1 aliphatic rings. The number of nitrogens with one attached hydrogen (secondary N) is 1. The molecule has 0 fully saturated rings. The van der Waals surface area contributed by atoms with E-state index in [0.717, 1.165) is 30.6 Å². The summed E-state index contributed by atoms with van der Waals surface area (Å²) >= 11 is 0. The van der Waals surface area contributed by atoms with Gasteiger partial charge in [0.2, 0.25) is 0 Å². The highest BCUT2D eigenvalue weighted by Gasteiger charge is 2.04. The third-order valence-corrected chi connectivity index (χ3v) is 2.84. The van der Waals surface area contributed by atoms with Gasteiger partial charge in [-0.25, -0.2) is 4.39 Å². The number of hydrogen-bond acceptors (Lipinski definition) is 2. The van der Waals surface area contributed by atoms with Crippen LogP contribution in [0.3, 0.4) is 0 Å². The van der Waals surface area contributed by atoms with Crippen LogP contribution >= 0.6 is 0 Å². The largest absolute Gasteiger partial charge is 0.384 e. The monoisotopic (exact) mass is 232 g/mol. The Morgan fingerprint density at radius 1 is 1.18 bits per heavy atom. The van der Waals surface area contributed by atoms with Gasteiger partial charge in [0, 0.05) is 18.8 Å². The van der Waals surface area contributed by atoms with Crippen LogP contribution in [0.1, 0.15) is 24.0 Å². The summed E-state index contributed by atoms with van der Waals surface area (Å²) in [7, 11) is 0. The number of benzene rings is 1. The van der Waals surface area contributed by atoms with Crippen molar-refractivity contribution in [1.29, 1.82) is 0 Å². The van der Waals surface area contributed by atoms with Gasteiger partial charge in [-0.1, -0.05) is 24.3 Å². The van der Waals surface area contributed by atoms with Gasteiger partial charge >= 0.3 is 0 Å². The molecule has 17 heavy (non-hydrogen) atoms. The van der Waals surface area contributed by atoms with Crippen molar-refractivity contribution in [2.45, 2.75) is 25.9 Å².